The second-order valence-electron chi connectivity index (χ2n) is 8.17. The lowest BCUT2D eigenvalue weighted by atomic mass is 10.1. The van der Waals surface area contributed by atoms with Gasteiger partial charge in [-0.15, -0.1) is 0 Å². The maximum atomic E-state index is 13.5. The van der Waals surface area contributed by atoms with Gasteiger partial charge in [-0.1, -0.05) is 53.0 Å². The first-order valence-corrected chi connectivity index (χ1v) is 14.0. The number of amides is 2. The van der Waals surface area contributed by atoms with E-state index in [2.05, 4.69) is 21.2 Å². The van der Waals surface area contributed by atoms with Gasteiger partial charge >= 0.3 is 0 Å². The Kier molecular flexibility index (Phi) is 10.4. The van der Waals surface area contributed by atoms with Gasteiger partial charge in [0.25, 0.3) is 0 Å². The SMILES string of the molecule is CCCCNC(=O)C(C)N(Cc1cccc(Br)c1)C(=O)CN(c1ccc(Cl)cc1C)S(C)(=O)=O. The molecule has 0 aliphatic heterocycles. The van der Waals surface area contributed by atoms with Crippen molar-refractivity contribution in [2.45, 2.75) is 46.2 Å². The van der Waals surface area contributed by atoms with Crippen LogP contribution >= 0.6 is 27.5 Å². The van der Waals surface area contributed by atoms with Crippen LogP contribution in [-0.2, 0) is 26.2 Å². The first-order chi connectivity index (χ1) is 15.9. The second kappa shape index (κ2) is 12.6. The fraction of sp³-hybridized carbons (Fsp3) is 0.417. The van der Waals surface area contributed by atoms with Gasteiger partial charge in [0.15, 0.2) is 0 Å². The smallest absolute Gasteiger partial charge is 0.244 e. The van der Waals surface area contributed by atoms with Crippen LogP contribution in [0, 0.1) is 6.92 Å². The lowest BCUT2D eigenvalue weighted by molar-refractivity contribution is -0.139. The minimum atomic E-state index is -3.79. The number of carbonyl (C=O) groups excluding carboxylic acids is 2. The number of carbonyl (C=O) groups is 2. The summed E-state index contributed by atoms with van der Waals surface area (Å²) >= 11 is 9.46. The van der Waals surface area contributed by atoms with Gasteiger partial charge in [-0.25, -0.2) is 8.42 Å². The van der Waals surface area contributed by atoms with Crippen molar-refractivity contribution in [1.82, 2.24) is 10.2 Å². The highest BCUT2D eigenvalue weighted by molar-refractivity contribution is 9.10. The fourth-order valence-corrected chi connectivity index (χ4v) is 5.02. The van der Waals surface area contributed by atoms with Crippen LogP contribution in [0.25, 0.3) is 0 Å². The van der Waals surface area contributed by atoms with Gasteiger partial charge in [-0.05, 0) is 61.7 Å². The molecule has 2 aromatic rings. The predicted octanol–water partition coefficient (Wildman–Crippen LogP) is 4.51. The fourth-order valence-electron chi connectivity index (χ4n) is 3.44. The Morgan fingerprint density at radius 3 is 2.47 bits per heavy atom. The van der Waals surface area contributed by atoms with E-state index in [4.69, 9.17) is 11.6 Å². The Bertz CT molecular complexity index is 1130. The van der Waals surface area contributed by atoms with Gasteiger partial charge in [0.05, 0.1) is 11.9 Å². The molecule has 0 saturated heterocycles. The van der Waals surface area contributed by atoms with E-state index in [-0.39, 0.29) is 12.5 Å². The highest BCUT2D eigenvalue weighted by atomic mass is 79.9. The van der Waals surface area contributed by atoms with Crippen molar-refractivity contribution in [2.24, 2.45) is 0 Å². The summed E-state index contributed by atoms with van der Waals surface area (Å²) in [6, 6.07) is 11.4. The standard InChI is InChI=1S/C24H31BrClN3O4S/c1-5-6-12-27-24(31)18(3)28(15-19-8-7-9-20(25)14-19)23(30)16-29(34(4,32)33)22-11-10-21(26)13-17(22)2/h7-11,13-14,18H,5-6,12,15-16H2,1-4H3,(H,27,31). The Morgan fingerprint density at radius 1 is 1.18 bits per heavy atom. The molecule has 0 aliphatic rings. The Hall–Kier alpha value is -2.10. The average molecular weight is 573 g/mol. The predicted molar refractivity (Wildman–Crippen MR) is 140 cm³/mol. The minimum Gasteiger partial charge on any atom is -0.354 e. The number of nitrogens with one attached hydrogen (secondary N) is 1. The summed E-state index contributed by atoms with van der Waals surface area (Å²) in [5.74, 6) is -0.775. The number of hydrogen-bond donors (Lipinski definition) is 1. The molecule has 2 rings (SSSR count). The molecule has 2 amide bonds. The van der Waals surface area contributed by atoms with Crippen LogP contribution in [0.5, 0.6) is 0 Å². The Labute approximate surface area is 215 Å². The van der Waals surface area contributed by atoms with Crippen LogP contribution in [-0.4, -0.2) is 50.5 Å². The zero-order valence-corrected chi connectivity index (χ0v) is 23.0. The van der Waals surface area contributed by atoms with E-state index < -0.39 is 28.5 Å². The molecular formula is C24H31BrClN3O4S. The molecule has 0 saturated carbocycles. The van der Waals surface area contributed by atoms with E-state index in [1.54, 1.807) is 32.0 Å². The maximum absolute atomic E-state index is 13.5. The first kappa shape index (κ1) is 28.1. The number of rotatable bonds is 11. The number of sulfonamides is 1. The van der Waals surface area contributed by atoms with Crippen LogP contribution in [0.15, 0.2) is 46.9 Å². The van der Waals surface area contributed by atoms with Crippen molar-refractivity contribution in [1.29, 1.82) is 0 Å². The van der Waals surface area contributed by atoms with Gasteiger partial charge in [0.2, 0.25) is 21.8 Å². The number of nitrogens with zero attached hydrogens (tertiary/aromatic N) is 2. The largest absolute Gasteiger partial charge is 0.354 e. The van der Waals surface area contributed by atoms with Gasteiger partial charge in [0, 0.05) is 22.6 Å². The van der Waals surface area contributed by atoms with Gasteiger partial charge in [-0.2, -0.15) is 0 Å². The van der Waals surface area contributed by atoms with E-state index in [1.165, 1.54) is 4.90 Å². The molecule has 1 atom stereocenters. The van der Waals surface area contributed by atoms with Gasteiger partial charge in [0.1, 0.15) is 12.6 Å². The van der Waals surface area contributed by atoms with Crippen molar-refractivity contribution in [3.8, 4) is 0 Å². The normalized spacial score (nSPS) is 12.2. The number of benzene rings is 2. The third kappa shape index (κ3) is 7.99. The van der Waals surface area contributed by atoms with Gasteiger partial charge < -0.3 is 10.2 Å². The summed E-state index contributed by atoms with van der Waals surface area (Å²) in [7, 11) is -3.79. The summed E-state index contributed by atoms with van der Waals surface area (Å²) < 4.78 is 27.2. The molecule has 34 heavy (non-hydrogen) atoms. The molecule has 0 spiro atoms. The summed E-state index contributed by atoms with van der Waals surface area (Å²) in [5, 5.41) is 3.33. The second-order valence-corrected chi connectivity index (χ2v) is 11.4. The summed E-state index contributed by atoms with van der Waals surface area (Å²) in [4.78, 5) is 27.7. The maximum Gasteiger partial charge on any atom is 0.244 e. The number of halogens is 2. The van der Waals surface area contributed by atoms with E-state index >= 15 is 0 Å². The van der Waals surface area contributed by atoms with Crippen LogP contribution in [0.4, 0.5) is 5.69 Å². The lowest BCUT2D eigenvalue weighted by Crippen LogP contribution is -2.51. The molecule has 0 heterocycles. The summed E-state index contributed by atoms with van der Waals surface area (Å²) in [6.45, 7) is 5.62. The molecule has 186 valence electrons. The monoisotopic (exact) mass is 571 g/mol. The highest BCUT2D eigenvalue weighted by Gasteiger charge is 2.30. The van der Waals surface area contributed by atoms with Crippen molar-refractivity contribution in [2.75, 3.05) is 23.7 Å². The van der Waals surface area contributed by atoms with E-state index in [0.717, 1.165) is 33.4 Å². The highest BCUT2D eigenvalue weighted by Crippen LogP contribution is 2.26. The third-order valence-electron chi connectivity index (χ3n) is 5.35. The summed E-state index contributed by atoms with van der Waals surface area (Å²) in [5.41, 5.74) is 1.79. The number of unbranched alkanes of at least 4 members (excludes halogenated alkanes) is 1. The van der Waals surface area contributed by atoms with Crippen molar-refractivity contribution in [3.05, 3.63) is 63.1 Å². The average Bonchev–Trinajstić information content (AvgIpc) is 2.75. The number of aryl methyl sites for hydroxylation is 1. The zero-order chi connectivity index (χ0) is 25.5. The van der Waals surface area contributed by atoms with Crippen molar-refractivity contribution >= 4 is 55.1 Å². The molecule has 0 bridgehead atoms. The first-order valence-electron chi connectivity index (χ1n) is 11.0. The zero-order valence-electron chi connectivity index (χ0n) is 19.8. The topological polar surface area (TPSA) is 86.8 Å². The van der Waals surface area contributed by atoms with E-state index in [9.17, 15) is 18.0 Å². The minimum absolute atomic E-state index is 0.151. The quantitative estimate of drug-likeness (QED) is 0.402. The molecule has 0 aliphatic carbocycles. The Balaban J connectivity index is 2.38. The van der Waals surface area contributed by atoms with Crippen LogP contribution in [0.3, 0.4) is 0 Å². The molecule has 1 N–H and O–H groups in total. The Morgan fingerprint density at radius 2 is 1.88 bits per heavy atom. The van der Waals surface area contributed by atoms with E-state index in [1.807, 2.05) is 31.2 Å². The van der Waals surface area contributed by atoms with Crippen molar-refractivity contribution in [3.63, 3.8) is 0 Å². The molecule has 0 fully saturated rings. The molecular weight excluding hydrogens is 542 g/mol. The number of hydrogen-bond acceptors (Lipinski definition) is 4. The summed E-state index contributed by atoms with van der Waals surface area (Å²) in [6.07, 6.45) is 2.81. The van der Waals surface area contributed by atoms with Crippen LogP contribution in [0.2, 0.25) is 5.02 Å². The molecule has 0 aromatic heterocycles. The molecule has 10 heteroatoms. The van der Waals surface area contributed by atoms with E-state index in [0.29, 0.717) is 22.8 Å². The lowest BCUT2D eigenvalue weighted by Gasteiger charge is -2.32. The molecule has 0 radical (unpaired) electrons. The molecule has 2 aromatic carbocycles. The van der Waals surface area contributed by atoms with Gasteiger partial charge in [-0.3, -0.25) is 13.9 Å². The number of anilines is 1. The van der Waals surface area contributed by atoms with Crippen molar-refractivity contribution < 1.29 is 18.0 Å². The van der Waals surface area contributed by atoms with Crippen LogP contribution in [0.1, 0.15) is 37.8 Å². The third-order valence-corrected chi connectivity index (χ3v) is 7.20. The molecule has 7 nitrogen and oxygen atoms in total. The van der Waals surface area contributed by atoms with Crippen LogP contribution < -0.4 is 9.62 Å². The molecule has 1 unspecified atom stereocenters.